The molecule has 0 unspecified atom stereocenters. The highest BCUT2D eigenvalue weighted by Gasteiger charge is 2.18. The average Bonchev–Trinajstić information content (AvgIpc) is 2.59. The quantitative estimate of drug-likeness (QED) is 0.418. The van der Waals surface area contributed by atoms with Crippen LogP contribution in [0.4, 0.5) is 20.2 Å². The third-order valence-electron chi connectivity index (χ3n) is 3.50. The van der Waals surface area contributed by atoms with Crippen molar-refractivity contribution >= 4 is 27.1 Å². The van der Waals surface area contributed by atoms with E-state index >= 15 is 0 Å². The van der Waals surface area contributed by atoms with Crippen molar-refractivity contribution in [1.29, 1.82) is 0 Å². The van der Waals surface area contributed by atoms with Gasteiger partial charge >= 0.3 is 0 Å². The zero-order valence-electron chi connectivity index (χ0n) is 14.0. The van der Waals surface area contributed by atoms with Gasteiger partial charge < -0.3 is 10.6 Å². The first-order chi connectivity index (χ1) is 12.6. The second-order valence-electron chi connectivity index (χ2n) is 5.52. The monoisotopic (exact) mass is 399 g/mol. The van der Waals surface area contributed by atoms with Crippen LogP contribution in [0.2, 0.25) is 0 Å². The molecule has 27 heavy (non-hydrogen) atoms. The Bertz CT molecular complexity index is 996. The molecule has 0 saturated carbocycles. The van der Waals surface area contributed by atoms with Crippen molar-refractivity contribution in [1.82, 2.24) is 5.32 Å². The van der Waals surface area contributed by atoms with Gasteiger partial charge in [-0.1, -0.05) is 0 Å². The van der Waals surface area contributed by atoms with E-state index < -0.39 is 38.0 Å². The van der Waals surface area contributed by atoms with Crippen molar-refractivity contribution < 1.29 is 26.9 Å². The predicted octanol–water partition coefficient (Wildman–Crippen LogP) is 2.12. The summed E-state index contributed by atoms with van der Waals surface area (Å²) in [6, 6.07) is 6.13. The Morgan fingerprint density at radius 2 is 1.81 bits per heavy atom. The summed E-state index contributed by atoms with van der Waals surface area (Å²) in [6.45, 7) is 0.108. The van der Waals surface area contributed by atoms with Gasteiger partial charge in [0.05, 0.1) is 9.82 Å². The number of amides is 1. The number of hydrogen-bond donors (Lipinski definition) is 2. The zero-order chi connectivity index (χ0) is 20.2. The molecule has 1 amide bonds. The summed E-state index contributed by atoms with van der Waals surface area (Å²) in [7, 11) is -3.60. The van der Waals surface area contributed by atoms with Gasteiger partial charge in [-0.05, 0) is 30.3 Å². The predicted molar refractivity (Wildman–Crippen MR) is 93.4 cm³/mol. The fourth-order valence-electron chi connectivity index (χ4n) is 2.16. The molecule has 2 aromatic carbocycles. The Balaban J connectivity index is 1.99. The molecule has 0 heterocycles. The topological polar surface area (TPSA) is 118 Å². The Morgan fingerprint density at radius 1 is 1.11 bits per heavy atom. The molecule has 0 bridgehead atoms. The minimum atomic E-state index is -3.60. The van der Waals surface area contributed by atoms with Crippen LogP contribution in [0.5, 0.6) is 0 Å². The first kappa shape index (κ1) is 20.2. The summed E-state index contributed by atoms with van der Waals surface area (Å²) in [5, 5.41) is 16.3. The fraction of sp³-hybridized carbons (Fsp3) is 0.188. The maximum atomic E-state index is 13.1. The number of nitro benzene ring substituents is 1. The maximum Gasteiger partial charge on any atom is 0.293 e. The first-order valence-corrected chi connectivity index (χ1v) is 9.44. The molecule has 144 valence electrons. The number of sulfone groups is 1. The minimum absolute atomic E-state index is 0.0306. The van der Waals surface area contributed by atoms with Crippen LogP contribution in [0.3, 0.4) is 0 Å². The standard InChI is InChI=1S/C16H15F2N3O5S/c1-27(25,26)11-3-5-14(15(9-11)21(23)24)19-6-7-20-16(22)10-2-4-12(17)13(18)8-10/h2-5,8-9,19H,6-7H2,1H3,(H,20,22). The Morgan fingerprint density at radius 3 is 2.41 bits per heavy atom. The van der Waals surface area contributed by atoms with E-state index in [0.29, 0.717) is 0 Å². The van der Waals surface area contributed by atoms with E-state index in [4.69, 9.17) is 0 Å². The van der Waals surface area contributed by atoms with Crippen LogP contribution in [-0.2, 0) is 9.84 Å². The second-order valence-corrected chi connectivity index (χ2v) is 7.54. The molecule has 2 rings (SSSR count). The molecule has 0 aliphatic heterocycles. The fourth-order valence-corrected chi connectivity index (χ4v) is 2.80. The van der Waals surface area contributed by atoms with Gasteiger partial charge in [-0.2, -0.15) is 0 Å². The highest BCUT2D eigenvalue weighted by Crippen LogP contribution is 2.27. The van der Waals surface area contributed by atoms with E-state index in [1.54, 1.807) is 0 Å². The van der Waals surface area contributed by atoms with Crippen LogP contribution in [-0.4, -0.2) is 38.6 Å². The molecule has 0 radical (unpaired) electrons. The molecule has 0 aromatic heterocycles. The van der Waals surface area contributed by atoms with Crippen LogP contribution in [0.15, 0.2) is 41.3 Å². The van der Waals surface area contributed by atoms with Crippen molar-refractivity contribution in [2.45, 2.75) is 4.90 Å². The highest BCUT2D eigenvalue weighted by molar-refractivity contribution is 7.90. The van der Waals surface area contributed by atoms with Gasteiger partial charge in [-0.3, -0.25) is 14.9 Å². The van der Waals surface area contributed by atoms with Crippen molar-refractivity contribution in [3.8, 4) is 0 Å². The summed E-state index contributed by atoms with van der Waals surface area (Å²) in [5.41, 5.74) is -0.420. The third kappa shape index (κ3) is 5.20. The van der Waals surface area contributed by atoms with E-state index in [1.165, 1.54) is 12.1 Å². The number of nitrogens with one attached hydrogen (secondary N) is 2. The third-order valence-corrected chi connectivity index (χ3v) is 4.61. The second kappa shape index (κ2) is 8.08. The van der Waals surface area contributed by atoms with Gasteiger partial charge in [0.2, 0.25) is 0 Å². The molecule has 0 spiro atoms. The van der Waals surface area contributed by atoms with Crippen molar-refractivity contribution in [3.63, 3.8) is 0 Å². The minimum Gasteiger partial charge on any atom is -0.378 e. The summed E-state index contributed by atoms with van der Waals surface area (Å²) >= 11 is 0. The number of hydrogen-bond acceptors (Lipinski definition) is 6. The lowest BCUT2D eigenvalue weighted by atomic mass is 10.2. The van der Waals surface area contributed by atoms with E-state index in [9.17, 15) is 32.1 Å². The van der Waals surface area contributed by atoms with Gasteiger partial charge in [0.25, 0.3) is 11.6 Å². The van der Waals surface area contributed by atoms with Crippen LogP contribution in [0.25, 0.3) is 0 Å². The van der Waals surface area contributed by atoms with E-state index in [0.717, 1.165) is 30.5 Å². The lowest BCUT2D eigenvalue weighted by Crippen LogP contribution is -2.29. The number of rotatable bonds is 7. The molecule has 0 saturated heterocycles. The smallest absolute Gasteiger partial charge is 0.293 e. The van der Waals surface area contributed by atoms with E-state index in [1.807, 2.05) is 0 Å². The number of halogens is 2. The maximum absolute atomic E-state index is 13.1. The van der Waals surface area contributed by atoms with Gasteiger partial charge in [0.15, 0.2) is 21.5 Å². The summed E-state index contributed by atoms with van der Waals surface area (Å²) < 4.78 is 49.0. The molecule has 0 fully saturated rings. The first-order valence-electron chi connectivity index (χ1n) is 7.55. The molecule has 8 nitrogen and oxygen atoms in total. The SMILES string of the molecule is CS(=O)(=O)c1ccc(NCCNC(=O)c2ccc(F)c(F)c2)c([N+](=O)[O-])c1. The largest absolute Gasteiger partial charge is 0.378 e. The normalized spacial score (nSPS) is 11.1. The Labute approximate surface area is 153 Å². The van der Waals surface area contributed by atoms with Gasteiger partial charge in [0, 0.05) is 31.0 Å². The lowest BCUT2D eigenvalue weighted by molar-refractivity contribution is -0.384. The molecule has 0 aliphatic carbocycles. The molecular formula is C16H15F2N3O5S. The number of benzene rings is 2. The number of nitro groups is 1. The summed E-state index contributed by atoms with van der Waals surface area (Å²) in [5.74, 6) is -2.86. The average molecular weight is 399 g/mol. The summed E-state index contributed by atoms with van der Waals surface area (Å²) in [6.07, 6.45) is 0.937. The highest BCUT2D eigenvalue weighted by atomic mass is 32.2. The lowest BCUT2D eigenvalue weighted by Gasteiger charge is -2.09. The summed E-state index contributed by atoms with van der Waals surface area (Å²) in [4.78, 5) is 22.1. The van der Waals surface area contributed by atoms with E-state index in [-0.39, 0.29) is 29.2 Å². The van der Waals surface area contributed by atoms with Crippen molar-refractivity contribution in [2.75, 3.05) is 24.7 Å². The Hall–Kier alpha value is -3.08. The molecule has 2 aromatic rings. The molecule has 0 atom stereocenters. The van der Waals surface area contributed by atoms with Crippen LogP contribution < -0.4 is 10.6 Å². The number of carbonyl (C=O) groups excluding carboxylic acids is 1. The van der Waals surface area contributed by atoms with Gasteiger partial charge in [-0.25, -0.2) is 17.2 Å². The van der Waals surface area contributed by atoms with Crippen molar-refractivity contribution in [2.24, 2.45) is 0 Å². The Kier molecular flexibility index (Phi) is 6.05. The number of carbonyl (C=O) groups is 1. The van der Waals surface area contributed by atoms with Crippen LogP contribution in [0.1, 0.15) is 10.4 Å². The molecular weight excluding hydrogens is 384 g/mol. The van der Waals surface area contributed by atoms with Crippen LogP contribution in [0, 0.1) is 21.7 Å². The molecule has 11 heteroatoms. The zero-order valence-corrected chi connectivity index (χ0v) is 14.8. The molecule has 0 aliphatic rings. The van der Waals surface area contributed by atoms with Gasteiger partial charge in [0.1, 0.15) is 5.69 Å². The van der Waals surface area contributed by atoms with Gasteiger partial charge in [-0.15, -0.1) is 0 Å². The number of anilines is 1. The number of nitrogens with zero attached hydrogens (tertiary/aromatic N) is 1. The van der Waals surface area contributed by atoms with Crippen molar-refractivity contribution in [3.05, 3.63) is 63.7 Å². The molecule has 2 N–H and O–H groups in total. The van der Waals surface area contributed by atoms with E-state index in [2.05, 4.69) is 10.6 Å². The van der Waals surface area contributed by atoms with Crippen LogP contribution >= 0.6 is 0 Å².